The lowest BCUT2D eigenvalue weighted by molar-refractivity contribution is 0.326. The van der Waals surface area contributed by atoms with Crippen LogP contribution >= 0.6 is 0 Å². The Labute approximate surface area is 65.8 Å². The van der Waals surface area contributed by atoms with Crippen molar-refractivity contribution in [3.63, 3.8) is 0 Å². The zero-order valence-corrected chi connectivity index (χ0v) is 6.45. The van der Waals surface area contributed by atoms with Gasteiger partial charge in [-0.2, -0.15) is 4.98 Å². The van der Waals surface area contributed by atoms with E-state index in [2.05, 4.69) is 16.5 Å². The SMILES string of the molecule is C=Cc1nccc(OCC)n1. The Kier molecular flexibility index (Phi) is 2.60. The Bertz CT molecular complexity index is 248. The van der Waals surface area contributed by atoms with Crippen molar-refractivity contribution in [2.45, 2.75) is 6.92 Å². The predicted octanol–water partition coefficient (Wildman–Crippen LogP) is 1.52. The highest BCUT2D eigenvalue weighted by Crippen LogP contribution is 2.04. The maximum Gasteiger partial charge on any atom is 0.216 e. The molecule has 0 aromatic carbocycles. The number of ether oxygens (including phenoxy) is 1. The van der Waals surface area contributed by atoms with Crippen molar-refractivity contribution < 1.29 is 4.74 Å². The van der Waals surface area contributed by atoms with Gasteiger partial charge in [-0.3, -0.25) is 0 Å². The maximum atomic E-state index is 5.15. The molecule has 0 saturated heterocycles. The zero-order chi connectivity index (χ0) is 8.10. The average molecular weight is 150 g/mol. The van der Waals surface area contributed by atoms with E-state index in [9.17, 15) is 0 Å². The van der Waals surface area contributed by atoms with Crippen molar-refractivity contribution >= 4 is 6.08 Å². The largest absolute Gasteiger partial charge is 0.478 e. The topological polar surface area (TPSA) is 35.0 Å². The lowest BCUT2D eigenvalue weighted by Gasteiger charge is -2.00. The number of nitrogens with zero attached hydrogens (tertiary/aromatic N) is 2. The molecule has 0 amide bonds. The summed E-state index contributed by atoms with van der Waals surface area (Å²) in [6.07, 6.45) is 3.23. The Hall–Kier alpha value is -1.38. The van der Waals surface area contributed by atoms with Gasteiger partial charge in [0.05, 0.1) is 6.61 Å². The molecule has 0 atom stereocenters. The lowest BCUT2D eigenvalue weighted by Crippen LogP contribution is -1.96. The van der Waals surface area contributed by atoms with Gasteiger partial charge in [0.1, 0.15) is 0 Å². The van der Waals surface area contributed by atoms with Gasteiger partial charge >= 0.3 is 0 Å². The summed E-state index contributed by atoms with van der Waals surface area (Å²) in [5.41, 5.74) is 0. The third-order valence-electron chi connectivity index (χ3n) is 1.12. The Morgan fingerprint density at radius 1 is 1.73 bits per heavy atom. The summed E-state index contributed by atoms with van der Waals surface area (Å²) in [7, 11) is 0. The van der Waals surface area contributed by atoms with Crippen molar-refractivity contribution in [2.24, 2.45) is 0 Å². The van der Waals surface area contributed by atoms with Crippen LogP contribution in [0.25, 0.3) is 6.08 Å². The first kappa shape index (κ1) is 7.72. The van der Waals surface area contributed by atoms with E-state index in [4.69, 9.17) is 4.74 Å². The summed E-state index contributed by atoms with van der Waals surface area (Å²) in [5, 5.41) is 0. The van der Waals surface area contributed by atoms with Crippen molar-refractivity contribution in [3.05, 3.63) is 24.7 Å². The van der Waals surface area contributed by atoms with Crippen LogP contribution in [-0.2, 0) is 0 Å². The fraction of sp³-hybridized carbons (Fsp3) is 0.250. The van der Waals surface area contributed by atoms with Crippen LogP contribution < -0.4 is 4.74 Å². The van der Waals surface area contributed by atoms with E-state index in [1.165, 1.54) is 0 Å². The normalized spacial score (nSPS) is 9.18. The van der Waals surface area contributed by atoms with Crippen molar-refractivity contribution in [1.29, 1.82) is 0 Å². The van der Waals surface area contributed by atoms with Crippen molar-refractivity contribution in [3.8, 4) is 5.88 Å². The monoisotopic (exact) mass is 150 g/mol. The van der Waals surface area contributed by atoms with Crippen molar-refractivity contribution in [2.75, 3.05) is 6.61 Å². The minimum atomic E-state index is 0.593. The van der Waals surface area contributed by atoms with Gasteiger partial charge in [0.15, 0.2) is 5.82 Å². The van der Waals surface area contributed by atoms with Crippen LogP contribution in [0.3, 0.4) is 0 Å². The molecule has 3 heteroatoms. The Morgan fingerprint density at radius 2 is 2.55 bits per heavy atom. The smallest absolute Gasteiger partial charge is 0.216 e. The Balaban J connectivity index is 2.82. The van der Waals surface area contributed by atoms with Gasteiger partial charge < -0.3 is 4.74 Å². The summed E-state index contributed by atoms with van der Waals surface area (Å²) in [6, 6.07) is 1.72. The minimum Gasteiger partial charge on any atom is -0.478 e. The van der Waals surface area contributed by atoms with Gasteiger partial charge in [0, 0.05) is 12.3 Å². The van der Waals surface area contributed by atoms with Gasteiger partial charge in [-0.1, -0.05) is 6.58 Å². The molecular weight excluding hydrogens is 140 g/mol. The van der Waals surface area contributed by atoms with Crippen LogP contribution in [0, 0.1) is 0 Å². The molecule has 0 radical (unpaired) electrons. The second-order valence-electron chi connectivity index (χ2n) is 1.89. The standard InChI is InChI=1S/C8H10N2O/c1-3-7-9-6-5-8(10-7)11-4-2/h3,5-6H,1,4H2,2H3. The molecule has 0 aliphatic rings. The summed E-state index contributed by atoms with van der Waals surface area (Å²) in [5.74, 6) is 1.19. The lowest BCUT2D eigenvalue weighted by atomic mass is 10.5. The fourth-order valence-electron chi connectivity index (χ4n) is 0.683. The zero-order valence-electron chi connectivity index (χ0n) is 6.45. The fourth-order valence-corrected chi connectivity index (χ4v) is 0.683. The summed E-state index contributed by atoms with van der Waals surface area (Å²) < 4.78 is 5.15. The second-order valence-corrected chi connectivity index (χ2v) is 1.89. The van der Waals surface area contributed by atoms with Gasteiger partial charge in [-0.05, 0) is 13.0 Å². The van der Waals surface area contributed by atoms with Gasteiger partial charge in [0.25, 0.3) is 0 Å². The van der Waals surface area contributed by atoms with Crippen LogP contribution in [-0.4, -0.2) is 16.6 Å². The molecule has 0 fully saturated rings. The quantitative estimate of drug-likeness (QED) is 0.655. The first-order valence-electron chi connectivity index (χ1n) is 3.45. The molecular formula is C8H10N2O. The molecule has 11 heavy (non-hydrogen) atoms. The van der Waals surface area contributed by atoms with Crippen LogP contribution in [0.15, 0.2) is 18.8 Å². The molecule has 58 valence electrons. The molecule has 1 rings (SSSR count). The second kappa shape index (κ2) is 3.71. The number of hydrogen-bond donors (Lipinski definition) is 0. The first-order valence-corrected chi connectivity index (χ1v) is 3.45. The van der Waals surface area contributed by atoms with E-state index in [-0.39, 0.29) is 0 Å². The predicted molar refractivity (Wildman–Crippen MR) is 43.3 cm³/mol. The van der Waals surface area contributed by atoms with E-state index in [1.54, 1.807) is 18.3 Å². The van der Waals surface area contributed by atoms with Crippen LogP contribution in [0.5, 0.6) is 5.88 Å². The molecule has 0 bridgehead atoms. The van der Waals surface area contributed by atoms with E-state index in [0.717, 1.165) is 0 Å². The van der Waals surface area contributed by atoms with Crippen molar-refractivity contribution in [1.82, 2.24) is 9.97 Å². The highest BCUT2D eigenvalue weighted by molar-refractivity contribution is 5.36. The highest BCUT2D eigenvalue weighted by Gasteiger charge is 1.93. The average Bonchev–Trinajstić information content (AvgIpc) is 2.06. The van der Waals surface area contributed by atoms with Gasteiger partial charge in [-0.25, -0.2) is 4.98 Å². The Morgan fingerprint density at radius 3 is 3.18 bits per heavy atom. The van der Waals surface area contributed by atoms with Crippen LogP contribution in [0.1, 0.15) is 12.7 Å². The van der Waals surface area contributed by atoms with E-state index in [0.29, 0.717) is 18.3 Å². The number of rotatable bonds is 3. The molecule has 1 aromatic heterocycles. The highest BCUT2D eigenvalue weighted by atomic mass is 16.5. The molecule has 0 saturated carbocycles. The van der Waals surface area contributed by atoms with E-state index in [1.807, 2.05) is 6.92 Å². The third-order valence-corrected chi connectivity index (χ3v) is 1.12. The molecule has 0 unspecified atom stereocenters. The molecule has 0 spiro atoms. The molecule has 1 aromatic rings. The van der Waals surface area contributed by atoms with Gasteiger partial charge in [0.2, 0.25) is 5.88 Å². The molecule has 0 aliphatic heterocycles. The number of aromatic nitrogens is 2. The minimum absolute atomic E-state index is 0.593. The van der Waals surface area contributed by atoms with Gasteiger partial charge in [-0.15, -0.1) is 0 Å². The van der Waals surface area contributed by atoms with Crippen LogP contribution in [0.2, 0.25) is 0 Å². The molecule has 1 heterocycles. The molecule has 3 nitrogen and oxygen atoms in total. The molecule has 0 N–H and O–H groups in total. The summed E-state index contributed by atoms with van der Waals surface area (Å²) in [6.45, 7) is 6.08. The maximum absolute atomic E-state index is 5.15. The summed E-state index contributed by atoms with van der Waals surface area (Å²) >= 11 is 0. The van der Waals surface area contributed by atoms with E-state index >= 15 is 0 Å². The van der Waals surface area contributed by atoms with E-state index < -0.39 is 0 Å². The van der Waals surface area contributed by atoms with Crippen LogP contribution in [0.4, 0.5) is 0 Å². The number of hydrogen-bond acceptors (Lipinski definition) is 3. The molecule has 0 aliphatic carbocycles. The third kappa shape index (κ3) is 2.04. The first-order chi connectivity index (χ1) is 5.36. The summed E-state index contributed by atoms with van der Waals surface area (Å²) in [4.78, 5) is 7.96.